The molecule has 0 nitrogen and oxygen atoms in total. The van der Waals surface area contributed by atoms with Gasteiger partial charge in [0.25, 0.3) is 0 Å². The minimum atomic E-state index is -0.0366. The summed E-state index contributed by atoms with van der Waals surface area (Å²) < 4.78 is 6.37. The van der Waals surface area contributed by atoms with Gasteiger partial charge in [0.15, 0.2) is 0 Å². The van der Waals surface area contributed by atoms with Crippen LogP contribution in [0.5, 0.6) is 0 Å². The Labute approximate surface area is 338 Å². The molecule has 0 aliphatic rings. The molecule has 6 heteroatoms. The van der Waals surface area contributed by atoms with Crippen LogP contribution < -0.4 is 0 Å². The van der Waals surface area contributed by atoms with Crippen LogP contribution in [0.15, 0.2) is 75.4 Å². The Balaban J connectivity index is 2.17. The van der Waals surface area contributed by atoms with Crippen LogP contribution in [-0.2, 0) is 21.7 Å². The summed E-state index contributed by atoms with van der Waals surface area (Å²) in [6.07, 6.45) is 0. The monoisotopic (exact) mass is 1020 g/mol. The Kier molecular flexibility index (Phi) is 10.6. The lowest BCUT2D eigenvalue weighted by molar-refractivity contribution is 0.589. The standard InChI is InChI=1S/C42H44Br6/c1-39(2,3)21-13-25-26-14-22(40(4,5)6)16-28(44)34(26)38(36-31(47)19-24(20-32(36)48)42(10,11)12)37(33(25)27(43)15-21)35-29(45)17-23(18-30(35)46)41(7,8)9/h13-20H,1-12H3. The first-order valence-corrected chi connectivity index (χ1v) is 21.0. The first-order chi connectivity index (χ1) is 21.8. The summed E-state index contributed by atoms with van der Waals surface area (Å²) in [6.45, 7) is 27.3. The molecule has 0 fully saturated rings. The zero-order chi connectivity index (χ0) is 36.0. The maximum Gasteiger partial charge on any atom is 0.0268 e. The third-order valence-corrected chi connectivity index (χ3v) is 13.0. The van der Waals surface area contributed by atoms with Crippen LogP contribution >= 0.6 is 95.6 Å². The Morgan fingerprint density at radius 2 is 0.500 bits per heavy atom. The van der Waals surface area contributed by atoms with Crippen LogP contribution in [0, 0.1) is 0 Å². The van der Waals surface area contributed by atoms with E-state index in [1.54, 1.807) is 0 Å². The first kappa shape index (κ1) is 38.7. The van der Waals surface area contributed by atoms with Gasteiger partial charge in [0, 0.05) is 59.9 Å². The molecule has 0 aliphatic heterocycles. The highest BCUT2D eigenvalue weighted by Gasteiger charge is 2.30. The smallest absolute Gasteiger partial charge is 0.0268 e. The summed E-state index contributed by atoms with van der Waals surface area (Å²) in [5.41, 5.74) is 9.58. The Hall–Kier alpha value is -0.500. The van der Waals surface area contributed by atoms with Gasteiger partial charge in [-0.15, -0.1) is 0 Å². The molecule has 254 valence electrons. The second-order valence-corrected chi connectivity index (χ2v) is 22.3. The van der Waals surface area contributed by atoms with E-state index >= 15 is 0 Å². The van der Waals surface area contributed by atoms with Crippen molar-refractivity contribution in [3.8, 4) is 22.3 Å². The van der Waals surface area contributed by atoms with Crippen LogP contribution in [0.3, 0.4) is 0 Å². The molecule has 0 radical (unpaired) electrons. The van der Waals surface area contributed by atoms with Crippen molar-refractivity contribution in [2.24, 2.45) is 0 Å². The maximum absolute atomic E-state index is 4.16. The van der Waals surface area contributed by atoms with E-state index in [9.17, 15) is 0 Å². The second kappa shape index (κ2) is 13.2. The fourth-order valence-corrected chi connectivity index (χ4v) is 10.7. The van der Waals surface area contributed by atoms with E-state index in [2.05, 4.69) is 227 Å². The highest BCUT2D eigenvalue weighted by Crippen LogP contribution is 2.56. The van der Waals surface area contributed by atoms with Crippen LogP contribution in [0.1, 0.15) is 105 Å². The van der Waals surface area contributed by atoms with Crippen molar-refractivity contribution in [3.05, 3.63) is 97.6 Å². The molecule has 5 rings (SSSR count). The maximum atomic E-state index is 4.16. The molecule has 0 spiro atoms. The van der Waals surface area contributed by atoms with Crippen molar-refractivity contribution in [2.75, 3.05) is 0 Å². The van der Waals surface area contributed by atoms with Gasteiger partial charge in [-0.1, -0.05) is 179 Å². The van der Waals surface area contributed by atoms with Crippen molar-refractivity contribution in [2.45, 2.75) is 105 Å². The number of hydrogen-bond donors (Lipinski definition) is 0. The summed E-state index contributed by atoms with van der Waals surface area (Å²) in [6, 6.07) is 18.7. The van der Waals surface area contributed by atoms with E-state index in [1.165, 1.54) is 43.8 Å². The summed E-state index contributed by atoms with van der Waals surface area (Å²) in [7, 11) is 0. The zero-order valence-electron chi connectivity index (χ0n) is 29.9. The van der Waals surface area contributed by atoms with Crippen molar-refractivity contribution in [1.82, 2.24) is 0 Å². The molecule has 0 bridgehead atoms. The van der Waals surface area contributed by atoms with E-state index in [0.29, 0.717) is 0 Å². The number of halogens is 6. The molecule has 0 amide bonds. The van der Waals surface area contributed by atoms with Crippen LogP contribution in [0.4, 0.5) is 0 Å². The summed E-state index contributed by atoms with van der Waals surface area (Å²) in [5, 5.41) is 4.83. The Bertz CT molecular complexity index is 1910. The number of benzene rings is 5. The molecular formula is C42H44Br6. The van der Waals surface area contributed by atoms with Gasteiger partial charge in [0.1, 0.15) is 0 Å². The Morgan fingerprint density at radius 3 is 0.729 bits per heavy atom. The average Bonchev–Trinajstić information content (AvgIpc) is 2.90. The zero-order valence-corrected chi connectivity index (χ0v) is 39.4. The van der Waals surface area contributed by atoms with Gasteiger partial charge in [0.2, 0.25) is 0 Å². The molecular weight excluding hydrogens is 984 g/mol. The van der Waals surface area contributed by atoms with Gasteiger partial charge in [0.05, 0.1) is 0 Å². The Morgan fingerprint density at radius 1 is 0.292 bits per heavy atom. The lowest BCUT2D eigenvalue weighted by atomic mass is 9.78. The largest absolute Gasteiger partial charge is 0.0561 e. The van der Waals surface area contributed by atoms with E-state index in [4.69, 9.17) is 0 Å². The molecule has 0 atom stereocenters. The fraction of sp³-hybridized carbons (Fsp3) is 0.381. The lowest BCUT2D eigenvalue weighted by Crippen LogP contribution is -2.13. The lowest BCUT2D eigenvalue weighted by Gasteiger charge is -2.29. The van der Waals surface area contributed by atoms with Gasteiger partial charge in [-0.05, 0) is 103 Å². The summed E-state index contributed by atoms with van der Waals surface area (Å²) in [4.78, 5) is 0. The third-order valence-electron chi connectivity index (χ3n) is 9.27. The van der Waals surface area contributed by atoms with Gasteiger partial charge in [-0.2, -0.15) is 0 Å². The van der Waals surface area contributed by atoms with Crippen molar-refractivity contribution < 1.29 is 0 Å². The number of fused-ring (bicyclic) bond motifs is 3. The molecule has 5 aromatic carbocycles. The number of rotatable bonds is 2. The van der Waals surface area contributed by atoms with Crippen LogP contribution in [0.2, 0.25) is 0 Å². The minimum Gasteiger partial charge on any atom is -0.0561 e. The molecule has 0 aliphatic carbocycles. The van der Waals surface area contributed by atoms with Crippen LogP contribution in [0.25, 0.3) is 43.8 Å². The summed E-state index contributed by atoms with van der Waals surface area (Å²) in [5.74, 6) is 0. The SMILES string of the molecule is CC(C)(C)c1cc(Br)c(-c2c(-c3c(Br)cc(C(C)(C)C)cc3Br)c3c(Br)cc(C(C)(C)C)cc3c3cc(C(C)(C)C)cc(Br)c23)c(Br)c1. The molecule has 5 aromatic rings. The molecule has 0 unspecified atom stereocenters. The fourth-order valence-electron chi connectivity index (χ4n) is 6.25. The predicted octanol–water partition coefficient (Wildman–Crippen LogP) is 17.1. The molecule has 0 aromatic heterocycles. The quantitative estimate of drug-likeness (QED) is 0.155. The van der Waals surface area contributed by atoms with Gasteiger partial charge < -0.3 is 0 Å². The normalized spacial score (nSPS) is 13.2. The van der Waals surface area contributed by atoms with Crippen molar-refractivity contribution >= 4 is 117 Å². The van der Waals surface area contributed by atoms with E-state index in [-0.39, 0.29) is 21.7 Å². The topological polar surface area (TPSA) is 0 Å². The van der Waals surface area contributed by atoms with Crippen molar-refractivity contribution in [3.63, 3.8) is 0 Å². The average molecular weight is 1030 g/mol. The minimum absolute atomic E-state index is 0.0126. The molecule has 0 heterocycles. The van der Waals surface area contributed by atoms with Crippen LogP contribution in [-0.4, -0.2) is 0 Å². The summed E-state index contributed by atoms with van der Waals surface area (Å²) >= 11 is 24.7. The number of hydrogen-bond acceptors (Lipinski definition) is 0. The van der Waals surface area contributed by atoms with Gasteiger partial charge in [-0.3, -0.25) is 0 Å². The molecule has 0 saturated carbocycles. The van der Waals surface area contributed by atoms with E-state index < -0.39 is 0 Å². The second-order valence-electron chi connectivity index (χ2n) is 17.1. The van der Waals surface area contributed by atoms with E-state index in [0.717, 1.165) is 49.1 Å². The van der Waals surface area contributed by atoms with Gasteiger partial charge >= 0.3 is 0 Å². The molecule has 0 N–H and O–H groups in total. The molecule has 48 heavy (non-hydrogen) atoms. The van der Waals surface area contributed by atoms with E-state index in [1.807, 2.05) is 0 Å². The highest BCUT2D eigenvalue weighted by molar-refractivity contribution is 9.11. The predicted molar refractivity (Wildman–Crippen MR) is 233 cm³/mol. The first-order valence-electron chi connectivity index (χ1n) is 16.3. The third kappa shape index (κ3) is 7.25. The molecule has 0 saturated heterocycles. The van der Waals surface area contributed by atoms with Gasteiger partial charge in [-0.25, -0.2) is 0 Å². The van der Waals surface area contributed by atoms with Crippen molar-refractivity contribution in [1.29, 1.82) is 0 Å². The highest BCUT2D eigenvalue weighted by atomic mass is 79.9.